The third-order valence-corrected chi connectivity index (χ3v) is 2.21. The van der Waals surface area contributed by atoms with Gasteiger partial charge in [0.2, 0.25) is 0 Å². The van der Waals surface area contributed by atoms with Gasteiger partial charge in [-0.3, -0.25) is 4.79 Å². The lowest BCUT2D eigenvalue weighted by Crippen LogP contribution is -2.16. The normalized spacial score (nSPS) is 10.1. The summed E-state index contributed by atoms with van der Waals surface area (Å²) in [5.74, 6) is -0.210. The van der Waals surface area contributed by atoms with Crippen LogP contribution in [0.15, 0.2) is 24.3 Å². The number of benzene rings is 1. The van der Waals surface area contributed by atoms with Crippen molar-refractivity contribution in [3.63, 3.8) is 0 Å². The largest absolute Gasteiger partial charge is 0.466 e. The minimum atomic E-state index is -0.210. The van der Waals surface area contributed by atoms with Gasteiger partial charge in [0, 0.05) is 13.5 Å². The highest BCUT2D eigenvalue weighted by atomic mass is 16.5. The Morgan fingerprint density at radius 1 is 1.44 bits per heavy atom. The average molecular weight is 221 g/mol. The Morgan fingerprint density at radius 2 is 2.25 bits per heavy atom. The molecule has 1 N–H and O–H groups in total. The summed E-state index contributed by atoms with van der Waals surface area (Å²) in [6.45, 7) is 5.74. The maximum Gasteiger partial charge on any atom is 0.302 e. The van der Waals surface area contributed by atoms with Gasteiger partial charge in [0.15, 0.2) is 0 Å². The smallest absolute Gasteiger partial charge is 0.302 e. The Kier molecular flexibility index (Phi) is 5.57. The Morgan fingerprint density at radius 3 is 2.94 bits per heavy atom. The zero-order valence-corrected chi connectivity index (χ0v) is 9.95. The number of ether oxygens (including phenoxy) is 1. The summed E-state index contributed by atoms with van der Waals surface area (Å²) in [4.78, 5) is 10.5. The number of hydrogen-bond acceptors (Lipinski definition) is 3. The fraction of sp³-hybridized carbons (Fsp3) is 0.462. The lowest BCUT2D eigenvalue weighted by molar-refractivity contribution is -0.141. The van der Waals surface area contributed by atoms with E-state index in [1.165, 1.54) is 18.1 Å². The van der Waals surface area contributed by atoms with Crippen molar-refractivity contribution in [2.45, 2.75) is 26.8 Å². The van der Waals surface area contributed by atoms with Crippen LogP contribution in [0.4, 0.5) is 0 Å². The Bertz CT molecular complexity index is 336. The van der Waals surface area contributed by atoms with E-state index >= 15 is 0 Å². The summed E-state index contributed by atoms with van der Waals surface area (Å²) >= 11 is 0. The van der Waals surface area contributed by atoms with Crippen LogP contribution in [0.5, 0.6) is 0 Å². The summed E-state index contributed by atoms with van der Waals surface area (Å²) < 4.78 is 4.83. The summed E-state index contributed by atoms with van der Waals surface area (Å²) in [7, 11) is 0. The molecule has 0 aromatic heterocycles. The minimum absolute atomic E-state index is 0.210. The van der Waals surface area contributed by atoms with Crippen molar-refractivity contribution in [2.75, 3.05) is 13.2 Å². The molecule has 0 aliphatic carbocycles. The SMILES string of the molecule is CC(=O)OCCCNCc1cccc(C)c1. The molecule has 0 heterocycles. The lowest BCUT2D eigenvalue weighted by atomic mass is 10.1. The van der Waals surface area contributed by atoms with Gasteiger partial charge >= 0.3 is 5.97 Å². The van der Waals surface area contributed by atoms with Gasteiger partial charge in [0.25, 0.3) is 0 Å². The van der Waals surface area contributed by atoms with Crippen molar-refractivity contribution in [2.24, 2.45) is 0 Å². The molecule has 3 heteroatoms. The monoisotopic (exact) mass is 221 g/mol. The fourth-order valence-corrected chi connectivity index (χ4v) is 1.47. The molecule has 0 saturated heterocycles. The molecule has 0 saturated carbocycles. The number of rotatable bonds is 6. The molecule has 88 valence electrons. The first-order chi connectivity index (χ1) is 7.68. The van der Waals surface area contributed by atoms with Gasteiger partial charge in [0.1, 0.15) is 0 Å². The quantitative estimate of drug-likeness (QED) is 0.590. The predicted octanol–water partition coefficient (Wildman–Crippen LogP) is 2.04. The summed E-state index contributed by atoms with van der Waals surface area (Å²) in [6, 6.07) is 8.42. The number of carbonyl (C=O) groups is 1. The van der Waals surface area contributed by atoms with Crippen molar-refractivity contribution in [1.82, 2.24) is 5.32 Å². The summed E-state index contributed by atoms with van der Waals surface area (Å²) in [6.07, 6.45) is 0.853. The van der Waals surface area contributed by atoms with E-state index in [1.807, 2.05) is 0 Å². The van der Waals surface area contributed by atoms with Crippen LogP contribution in [0.25, 0.3) is 0 Å². The van der Waals surface area contributed by atoms with Crippen molar-refractivity contribution in [3.8, 4) is 0 Å². The molecule has 1 aromatic rings. The maximum absolute atomic E-state index is 10.5. The minimum Gasteiger partial charge on any atom is -0.466 e. The average Bonchev–Trinajstić information content (AvgIpc) is 2.23. The van der Waals surface area contributed by atoms with Gasteiger partial charge in [-0.1, -0.05) is 29.8 Å². The van der Waals surface area contributed by atoms with Crippen LogP contribution in [0.2, 0.25) is 0 Å². The maximum atomic E-state index is 10.5. The van der Waals surface area contributed by atoms with Crippen molar-refractivity contribution < 1.29 is 9.53 Å². The van der Waals surface area contributed by atoms with Crippen LogP contribution in [0.3, 0.4) is 0 Å². The molecular formula is C13H19NO2. The molecule has 1 aromatic carbocycles. The van der Waals surface area contributed by atoms with Crippen LogP contribution in [0.1, 0.15) is 24.5 Å². The number of hydrogen-bond donors (Lipinski definition) is 1. The second-order valence-corrected chi connectivity index (χ2v) is 3.86. The van der Waals surface area contributed by atoms with Gasteiger partial charge in [-0.2, -0.15) is 0 Å². The molecule has 0 spiro atoms. The van der Waals surface area contributed by atoms with E-state index in [4.69, 9.17) is 4.74 Å². The van der Waals surface area contributed by atoms with E-state index in [0.717, 1.165) is 19.5 Å². The van der Waals surface area contributed by atoms with Gasteiger partial charge in [0.05, 0.1) is 6.61 Å². The van der Waals surface area contributed by atoms with Crippen LogP contribution < -0.4 is 5.32 Å². The Labute approximate surface area is 96.8 Å². The molecule has 0 aliphatic heterocycles. The van der Waals surface area contributed by atoms with Crippen LogP contribution in [0, 0.1) is 6.92 Å². The molecular weight excluding hydrogens is 202 g/mol. The number of aryl methyl sites for hydroxylation is 1. The lowest BCUT2D eigenvalue weighted by Gasteiger charge is -2.05. The molecule has 0 atom stereocenters. The van der Waals surface area contributed by atoms with Crippen molar-refractivity contribution >= 4 is 5.97 Å². The molecule has 0 amide bonds. The van der Waals surface area contributed by atoms with Crippen LogP contribution >= 0.6 is 0 Å². The summed E-state index contributed by atoms with van der Waals surface area (Å²) in [5, 5.41) is 3.31. The van der Waals surface area contributed by atoms with Crippen LogP contribution in [-0.4, -0.2) is 19.1 Å². The van der Waals surface area contributed by atoms with Gasteiger partial charge in [-0.25, -0.2) is 0 Å². The standard InChI is InChI=1S/C13H19NO2/c1-11-5-3-6-13(9-11)10-14-7-4-8-16-12(2)15/h3,5-6,9,14H,4,7-8,10H2,1-2H3. The van der Waals surface area contributed by atoms with Gasteiger partial charge < -0.3 is 10.1 Å². The summed E-state index contributed by atoms with van der Waals surface area (Å²) in [5.41, 5.74) is 2.56. The molecule has 16 heavy (non-hydrogen) atoms. The highest BCUT2D eigenvalue weighted by Crippen LogP contribution is 2.02. The molecule has 1 rings (SSSR count). The Balaban J connectivity index is 2.09. The van der Waals surface area contributed by atoms with Crippen molar-refractivity contribution in [3.05, 3.63) is 35.4 Å². The van der Waals surface area contributed by atoms with E-state index < -0.39 is 0 Å². The topological polar surface area (TPSA) is 38.3 Å². The van der Waals surface area contributed by atoms with Gasteiger partial charge in [-0.15, -0.1) is 0 Å². The van der Waals surface area contributed by atoms with Crippen molar-refractivity contribution in [1.29, 1.82) is 0 Å². The molecule has 0 unspecified atom stereocenters. The third kappa shape index (κ3) is 5.51. The molecule has 3 nitrogen and oxygen atoms in total. The molecule has 0 fully saturated rings. The van der Waals surface area contributed by atoms with E-state index in [-0.39, 0.29) is 5.97 Å². The second kappa shape index (κ2) is 7.01. The van der Waals surface area contributed by atoms with E-state index in [9.17, 15) is 4.79 Å². The molecule has 0 aliphatic rings. The van der Waals surface area contributed by atoms with E-state index in [0.29, 0.717) is 6.61 Å². The zero-order valence-electron chi connectivity index (χ0n) is 9.95. The van der Waals surface area contributed by atoms with Crippen LogP contribution in [-0.2, 0) is 16.1 Å². The van der Waals surface area contributed by atoms with E-state index in [2.05, 4.69) is 36.5 Å². The second-order valence-electron chi connectivity index (χ2n) is 3.86. The van der Waals surface area contributed by atoms with E-state index in [1.54, 1.807) is 0 Å². The first-order valence-electron chi connectivity index (χ1n) is 5.58. The first kappa shape index (κ1) is 12.7. The number of esters is 1. The molecule has 0 bridgehead atoms. The Hall–Kier alpha value is -1.35. The highest BCUT2D eigenvalue weighted by Gasteiger charge is 1.94. The zero-order chi connectivity index (χ0) is 11.8. The van der Waals surface area contributed by atoms with Gasteiger partial charge in [-0.05, 0) is 25.5 Å². The third-order valence-electron chi connectivity index (χ3n) is 2.21. The molecule has 0 radical (unpaired) electrons. The predicted molar refractivity (Wildman–Crippen MR) is 64.1 cm³/mol. The highest BCUT2D eigenvalue weighted by molar-refractivity contribution is 5.65. The number of nitrogens with one attached hydrogen (secondary N) is 1. The number of carbonyl (C=O) groups excluding carboxylic acids is 1. The fourth-order valence-electron chi connectivity index (χ4n) is 1.47. The first-order valence-corrected chi connectivity index (χ1v) is 5.58.